The maximum Gasteiger partial charge on any atom is 0.251 e. The molecule has 108 valence electrons. The molecule has 1 aromatic carbocycles. The molecule has 1 aliphatic rings. The van der Waals surface area contributed by atoms with Crippen LogP contribution in [0.25, 0.3) is 0 Å². The molecule has 1 saturated carbocycles. The van der Waals surface area contributed by atoms with Gasteiger partial charge < -0.3 is 16.4 Å². The summed E-state index contributed by atoms with van der Waals surface area (Å²) in [5, 5.41) is 5.49. The molecule has 0 aliphatic heterocycles. The van der Waals surface area contributed by atoms with Crippen LogP contribution in [0.2, 0.25) is 0 Å². The third-order valence-electron chi connectivity index (χ3n) is 3.37. The monoisotopic (exact) mass is 275 g/mol. The Balaban J connectivity index is 1.71. The van der Waals surface area contributed by atoms with Gasteiger partial charge in [0.2, 0.25) is 5.91 Å². The fourth-order valence-corrected chi connectivity index (χ4v) is 2.14. The van der Waals surface area contributed by atoms with Gasteiger partial charge in [-0.15, -0.1) is 0 Å². The number of hydrogen-bond donors (Lipinski definition) is 3. The van der Waals surface area contributed by atoms with E-state index in [1.54, 1.807) is 24.3 Å². The van der Waals surface area contributed by atoms with E-state index in [2.05, 4.69) is 10.6 Å². The van der Waals surface area contributed by atoms with E-state index < -0.39 is 0 Å². The van der Waals surface area contributed by atoms with Gasteiger partial charge in [0.15, 0.2) is 0 Å². The highest BCUT2D eigenvalue weighted by Gasteiger charge is 2.24. The summed E-state index contributed by atoms with van der Waals surface area (Å²) in [5.74, 6) is 0.353. The summed E-state index contributed by atoms with van der Waals surface area (Å²) in [5.41, 5.74) is 6.66. The van der Waals surface area contributed by atoms with Gasteiger partial charge in [0, 0.05) is 17.3 Å². The molecule has 0 bridgehead atoms. The average molecular weight is 275 g/mol. The zero-order valence-corrected chi connectivity index (χ0v) is 11.7. The fourth-order valence-electron chi connectivity index (χ4n) is 2.14. The standard InChI is InChI=1S/C15H21N3O2/c1-10(8-11-2-3-11)18-14(19)9-17-15(20)12-4-6-13(16)7-5-12/h4-7,10-11H,2-3,8-9,16H2,1H3,(H,17,20)(H,18,19). The summed E-state index contributed by atoms with van der Waals surface area (Å²) < 4.78 is 0. The van der Waals surface area contributed by atoms with Crippen molar-refractivity contribution >= 4 is 17.5 Å². The first-order chi connectivity index (χ1) is 9.54. The quantitative estimate of drug-likeness (QED) is 0.684. The number of carbonyl (C=O) groups is 2. The van der Waals surface area contributed by atoms with Gasteiger partial charge in [-0.1, -0.05) is 12.8 Å². The number of anilines is 1. The van der Waals surface area contributed by atoms with Crippen molar-refractivity contribution in [2.45, 2.75) is 32.2 Å². The second kappa shape index (κ2) is 6.41. The third-order valence-corrected chi connectivity index (χ3v) is 3.37. The van der Waals surface area contributed by atoms with E-state index in [9.17, 15) is 9.59 Å². The minimum Gasteiger partial charge on any atom is -0.399 e. The molecule has 20 heavy (non-hydrogen) atoms. The smallest absolute Gasteiger partial charge is 0.251 e. The second-order valence-corrected chi connectivity index (χ2v) is 5.45. The van der Waals surface area contributed by atoms with Crippen molar-refractivity contribution in [2.24, 2.45) is 5.92 Å². The van der Waals surface area contributed by atoms with Crippen molar-refractivity contribution in [2.75, 3.05) is 12.3 Å². The Morgan fingerprint density at radius 2 is 1.95 bits per heavy atom. The topological polar surface area (TPSA) is 84.2 Å². The van der Waals surface area contributed by atoms with Crippen LogP contribution in [0.3, 0.4) is 0 Å². The van der Waals surface area contributed by atoms with Crippen LogP contribution in [0.5, 0.6) is 0 Å². The highest BCUT2D eigenvalue weighted by molar-refractivity contribution is 5.96. The van der Waals surface area contributed by atoms with Gasteiger partial charge in [0.1, 0.15) is 0 Å². The molecule has 5 nitrogen and oxygen atoms in total. The van der Waals surface area contributed by atoms with Crippen molar-refractivity contribution in [1.29, 1.82) is 0 Å². The number of rotatable bonds is 6. The first kappa shape index (κ1) is 14.4. The molecule has 0 aromatic heterocycles. The largest absolute Gasteiger partial charge is 0.399 e. The van der Waals surface area contributed by atoms with E-state index in [0.717, 1.165) is 12.3 Å². The van der Waals surface area contributed by atoms with Crippen molar-refractivity contribution in [1.82, 2.24) is 10.6 Å². The average Bonchev–Trinajstić information content (AvgIpc) is 3.20. The predicted octanol–water partition coefficient (Wildman–Crippen LogP) is 1.30. The minimum absolute atomic E-state index is 0.00177. The van der Waals surface area contributed by atoms with E-state index in [0.29, 0.717) is 11.3 Å². The SMILES string of the molecule is CC(CC1CC1)NC(=O)CNC(=O)c1ccc(N)cc1. The Labute approximate surface area is 118 Å². The van der Waals surface area contributed by atoms with Gasteiger partial charge in [-0.3, -0.25) is 9.59 Å². The van der Waals surface area contributed by atoms with Crippen LogP contribution >= 0.6 is 0 Å². The predicted molar refractivity (Wildman–Crippen MR) is 78.1 cm³/mol. The van der Waals surface area contributed by atoms with Crippen LogP contribution in [0.4, 0.5) is 5.69 Å². The van der Waals surface area contributed by atoms with Gasteiger partial charge in [-0.05, 0) is 43.5 Å². The number of nitrogen functional groups attached to an aromatic ring is 1. The van der Waals surface area contributed by atoms with Crippen LogP contribution in [-0.2, 0) is 4.79 Å². The maximum absolute atomic E-state index is 11.8. The van der Waals surface area contributed by atoms with Crippen LogP contribution < -0.4 is 16.4 Å². The Bertz CT molecular complexity index is 480. The van der Waals surface area contributed by atoms with E-state index in [1.807, 2.05) is 6.92 Å². The Hall–Kier alpha value is -2.04. The van der Waals surface area contributed by atoms with Crippen LogP contribution in [0, 0.1) is 5.92 Å². The number of nitrogens with two attached hydrogens (primary N) is 1. The van der Waals surface area contributed by atoms with Crippen molar-refractivity contribution in [3.8, 4) is 0 Å². The number of benzene rings is 1. The number of hydrogen-bond acceptors (Lipinski definition) is 3. The van der Waals surface area contributed by atoms with Crippen LogP contribution in [0.15, 0.2) is 24.3 Å². The molecule has 2 rings (SSSR count). The lowest BCUT2D eigenvalue weighted by Crippen LogP contribution is -2.41. The number of amides is 2. The molecule has 1 aromatic rings. The Morgan fingerprint density at radius 1 is 1.30 bits per heavy atom. The maximum atomic E-state index is 11.8. The highest BCUT2D eigenvalue weighted by atomic mass is 16.2. The zero-order valence-electron chi connectivity index (χ0n) is 11.7. The van der Waals surface area contributed by atoms with Gasteiger partial charge in [0.25, 0.3) is 5.91 Å². The van der Waals surface area contributed by atoms with Crippen molar-refractivity contribution in [3.05, 3.63) is 29.8 Å². The lowest BCUT2D eigenvalue weighted by atomic mass is 10.1. The molecular formula is C15H21N3O2. The van der Waals surface area contributed by atoms with E-state index in [4.69, 9.17) is 5.73 Å². The molecule has 0 heterocycles. The second-order valence-electron chi connectivity index (χ2n) is 5.45. The summed E-state index contributed by atoms with van der Waals surface area (Å²) >= 11 is 0. The van der Waals surface area contributed by atoms with Crippen molar-refractivity contribution in [3.63, 3.8) is 0 Å². The fraction of sp³-hybridized carbons (Fsp3) is 0.467. The van der Waals surface area contributed by atoms with Gasteiger partial charge in [0.05, 0.1) is 6.54 Å². The van der Waals surface area contributed by atoms with E-state index in [1.165, 1.54) is 12.8 Å². The molecule has 5 heteroatoms. The highest BCUT2D eigenvalue weighted by Crippen LogP contribution is 2.33. The van der Waals surface area contributed by atoms with Crippen LogP contribution in [0.1, 0.15) is 36.5 Å². The number of carbonyl (C=O) groups excluding carboxylic acids is 2. The third kappa shape index (κ3) is 4.57. The number of nitrogens with one attached hydrogen (secondary N) is 2. The minimum atomic E-state index is -0.269. The lowest BCUT2D eigenvalue weighted by Gasteiger charge is -2.13. The Kier molecular flexibility index (Phi) is 4.61. The first-order valence-electron chi connectivity index (χ1n) is 6.97. The molecule has 0 radical (unpaired) electrons. The van der Waals surface area contributed by atoms with Crippen LogP contribution in [-0.4, -0.2) is 24.4 Å². The van der Waals surface area contributed by atoms with Gasteiger partial charge in [-0.25, -0.2) is 0 Å². The van der Waals surface area contributed by atoms with E-state index >= 15 is 0 Å². The summed E-state index contributed by atoms with van der Waals surface area (Å²) in [6.07, 6.45) is 3.57. The molecule has 4 N–H and O–H groups in total. The molecule has 1 fully saturated rings. The summed E-state index contributed by atoms with van der Waals surface area (Å²) in [7, 11) is 0. The van der Waals surface area contributed by atoms with Gasteiger partial charge in [-0.2, -0.15) is 0 Å². The zero-order chi connectivity index (χ0) is 14.5. The van der Waals surface area contributed by atoms with E-state index in [-0.39, 0.29) is 24.4 Å². The molecule has 1 unspecified atom stereocenters. The summed E-state index contributed by atoms with van der Waals surface area (Å²) in [6.45, 7) is 2.00. The molecule has 0 spiro atoms. The lowest BCUT2D eigenvalue weighted by molar-refractivity contribution is -0.120. The molecular weight excluding hydrogens is 254 g/mol. The normalized spacial score (nSPS) is 15.4. The molecule has 2 amide bonds. The summed E-state index contributed by atoms with van der Waals surface area (Å²) in [4.78, 5) is 23.5. The van der Waals surface area contributed by atoms with Crippen molar-refractivity contribution < 1.29 is 9.59 Å². The van der Waals surface area contributed by atoms with Gasteiger partial charge >= 0.3 is 0 Å². The molecule has 0 saturated heterocycles. The summed E-state index contributed by atoms with van der Waals surface area (Å²) in [6, 6.07) is 6.76. The molecule has 1 atom stereocenters. The molecule has 1 aliphatic carbocycles. The first-order valence-corrected chi connectivity index (χ1v) is 6.97. The Morgan fingerprint density at radius 3 is 2.55 bits per heavy atom.